The van der Waals surface area contributed by atoms with Crippen LogP contribution in [0.2, 0.25) is 0 Å². The van der Waals surface area contributed by atoms with Crippen molar-refractivity contribution in [1.82, 2.24) is 15.4 Å². The number of ether oxygens (including phenoxy) is 1. The molecule has 112 valence electrons. The van der Waals surface area contributed by atoms with Crippen molar-refractivity contribution < 1.29 is 14.6 Å². The Morgan fingerprint density at radius 1 is 1.32 bits per heavy atom. The Labute approximate surface area is 125 Å². The number of carboxylic acid groups (broad SMARTS) is 1. The molecular weight excluding hydrogens is 286 g/mol. The van der Waals surface area contributed by atoms with Crippen molar-refractivity contribution in [1.29, 1.82) is 0 Å². The topological polar surface area (TPSA) is 139 Å². The van der Waals surface area contributed by atoms with E-state index in [4.69, 9.17) is 21.4 Å². The number of benzene rings is 1. The van der Waals surface area contributed by atoms with E-state index in [1.54, 1.807) is 36.7 Å². The molecule has 22 heavy (non-hydrogen) atoms. The third-order valence-corrected chi connectivity index (χ3v) is 2.50. The zero-order chi connectivity index (χ0) is 15.9. The van der Waals surface area contributed by atoms with Gasteiger partial charge in [-0.25, -0.2) is 15.6 Å². The smallest absolute Gasteiger partial charge is 0.357 e. The molecule has 8 heteroatoms. The highest BCUT2D eigenvalue weighted by molar-refractivity contribution is 5.85. The SMILES string of the molecule is NN/C(Oc1ccc(C#Cc2ncc[nH]2)cc1)=C(\N)C(=O)O. The number of nitrogens with two attached hydrogens (primary N) is 2. The molecule has 1 aromatic carbocycles. The Kier molecular flexibility index (Phi) is 4.64. The minimum absolute atomic E-state index is 0.248. The van der Waals surface area contributed by atoms with Gasteiger partial charge < -0.3 is 20.6 Å². The van der Waals surface area contributed by atoms with E-state index in [9.17, 15) is 4.79 Å². The van der Waals surface area contributed by atoms with E-state index >= 15 is 0 Å². The van der Waals surface area contributed by atoms with Gasteiger partial charge in [0.15, 0.2) is 11.5 Å². The molecule has 0 bridgehead atoms. The highest BCUT2D eigenvalue weighted by atomic mass is 16.5. The van der Waals surface area contributed by atoms with E-state index in [-0.39, 0.29) is 5.88 Å². The van der Waals surface area contributed by atoms with E-state index in [1.807, 2.05) is 0 Å². The summed E-state index contributed by atoms with van der Waals surface area (Å²) in [5, 5.41) is 8.78. The first-order valence-electron chi connectivity index (χ1n) is 6.09. The molecule has 0 aliphatic carbocycles. The molecular formula is C14H13N5O3. The predicted octanol–water partition coefficient (Wildman–Crippen LogP) is -0.136. The number of aliphatic carboxylic acids is 1. The summed E-state index contributed by atoms with van der Waals surface area (Å²) < 4.78 is 5.26. The molecule has 0 radical (unpaired) electrons. The fourth-order valence-corrected chi connectivity index (χ4v) is 1.45. The molecule has 0 atom stereocenters. The monoisotopic (exact) mass is 299 g/mol. The summed E-state index contributed by atoms with van der Waals surface area (Å²) in [5.74, 6) is 10.3. The van der Waals surface area contributed by atoms with Gasteiger partial charge in [-0.2, -0.15) is 0 Å². The number of imidazole rings is 1. The lowest BCUT2D eigenvalue weighted by Crippen LogP contribution is -2.31. The van der Waals surface area contributed by atoms with Gasteiger partial charge in [-0.1, -0.05) is 5.92 Å². The first-order valence-corrected chi connectivity index (χ1v) is 6.09. The molecule has 2 aromatic rings. The number of hydrogen-bond acceptors (Lipinski definition) is 6. The summed E-state index contributed by atoms with van der Waals surface area (Å²) in [5.41, 5.74) is 7.65. The highest BCUT2D eigenvalue weighted by Crippen LogP contribution is 2.14. The zero-order valence-corrected chi connectivity index (χ0v) is 11.3. The van der Waals surface area contributed by atoms with E-state index in [0.29, 0.717) is 11.6 Å². The Hall–Kier alpha value is -3.44. The lowest BCUT2D eigenvalue weighted by atomic mass is 10.2. The maximum atomic E-state index is 10.8. The van der Waals surface area contributed by atoms with Crippen LogP contribution in [-0.2, 0) is 4.79 Å². The lowest BCUT2D eigenvalue weighted by molar-refractivity contribution is -0.132. The van der Waals surface area contributed by atoms with Gasteiger partial charge in [-0.15, -0.1) is 0 Å². The summed E-state index contributed by atoms with van der Waals surface area (Å²) >= 11 is 0. The Bertz CT molecular complexity index is 739. The molecule has 0 aliphatic heterocycles. The standard InChI is InChI=1S/C14H13N5O3/c15-12(14(20)21)13(19-16)22-10-4-1-9(2-5-10)3-6-11-17-7-8-18-11/h1-2,4-5,7-8,19H,15-16H2,(H,17,18)(H,20,21)/b13-12+. The van der Waals surface area contributed by atoms with Crippen LogP contribution in [-0.4, -0.2) is 21.0 Å². The number of carbonyl (C=O) groups is 1. The quantitative estimate of drug-likeness (QED) is 0.174. The molecule has 0 aliphatic rings. The van der Waals surface area contributed by atoms with Crippen LogP contribution in [0.4, 0.5) is 0 Å². The van der Waals surface area contributed by atoms with Gasteiger partial charge in [0.05, 0.1) is 0 Å². The van der Waals surface area contributed by atoms with Gasteiger partial charge in [0.25, 0.3) is 0 Å². The number of hydrazine groups is 1. The van der Waals surface area contributed by atoms with E-state index in [2.05, 4.69) is 27.2 Å². The molecule has 0 unspecified atom stereocenters. The van der Waals surface area contributed by atoms with E-state index in [1.165, 1.54) is 0 Å². The summed E-state index contributed by atoms with van der Waals surface area (Å²) in [6.45, 7) is 0. The molecule has 0 fully saturated rings. The highest BCUT2D eigenvalue weighted by Gasteiger charge is 2.11. The zero-order valence-electron chi connectivity index (χ0n) is 11.3. The summed E-state index contributed by atoms with van der Waals surface area (Å²) in [6, 6.07) is 6.63. The average Bonchev–Trinajstić information content (AvgIpc) is 3.04. The number of aromatic amines is 1. The number of aromatic nitrogens is 2. The van der Waals surface area contributed by atoms with Crippen molar-refractivity contribution in [2.75, 3.05) is 0 Å². The van der Waals surface area contributed by atoms with Crippen LogP contribution in [0, 0.1) is 11.8 Å². The van der Waals surface area contributed by atoms with Crippen LogP contribution in [0.25, 0.3) is 0 Å². The minimum atomic E-state index is -1.34. The van der Waals surface area contributed by atoms with Crippen molar-refractivity contribution in [3.8, 4) is 17.6 Å². The largest absolute Gasteiger partial charge is 0.476 e. The third-order valence-electron chi connectivity index (χ3n) is 2.50. The Morgan fingerprint density at radius 2 is 2.05 bits per heavy atom. The lowest BCUT2D eigenvalue weighted by Gasteiger charge is -2.10. The number of rotatable bonds is 4. The number of nitrogens with zero attached hydrogens (tertiary/aromatic N) is 1. The first-order chi connectivity index (χ1) is 10.6. The van der Waals surface area contributed by atoms with Crippen molar-refractivity contribution in [2.45, 2.75) is 0 Å². The Morgan fingerprint density at radius 3 is 2.59 bits per heavy atom. The summed E-state index contributed by atoms with van der Waals surface area (Å²) in [6.07, 6.45) is 3.29. The maximum absolute atomic E-state index is 10.8. The molecule has 1 aromatic heterocycles. The average molecular weight is 299 g/mol. The van der Waals surface area contributed by atoms with Crippen molar-refractivity contribution in [3.63, 3.8) is 0 Å². The Balaban J connectivity index is 2.12. The number of carboxylic acids is 1. The minimum Gasteiger partial charge on any atom is -0.476 e. The fraction of sp³-hybridized carbons (Fsp3) is 0. The molecule has 7 N–H and O–H groups in total. The van der Waals surface area contributed by atoms with Crippen LogP contribution in [0.15, 0.2) is 48.2 Å². The molecule has 0 amide bonds. The molecule has 0 saturated heterocycles. The van der Waals surface area contributed by atoms with Crippen molar-refractivity contribution in [3.05, 3.63) is 59.6 Å². The van der Waals surface area contributed by atoms with Gasteiger partial charge in [-0.05, 0) is 30.2 Å². The third kappa shape index (κ3) is 3.78. The normalized spacial score (nSPS) is 11.0. The second-order valence-corrected chi connectivity index (χ2v) is 4.01. The van der Waals surface area contributed by atoms with E-state index in [0.717, 1.165) is 5.56 Å². The van der Waals surface area contributed by atoms with Gasteiger partial charge in [0.1, 0.15) is 5.75 Å². The van der Waals surface area contributed by atoms with Crippen LogP contribution >= 0.6 is 0 Å². The number of hydrogen-bond donors (Lipinski definition) is 5. The molecule has 8 nitrogen and oxygen atoms in total. The fourth-order valence-electron chi connectivity index (χ4n) is 1.45. The van der Waals surface area contributed by atoms with Gasteiger partial charge in [0.2, 0.25) is 5.88 Å². The second kappa shape index (κ2) is 6.83. The van der Waals surface area contributed by atoms with Crippen molar-refractivity contribution >= 4 is 5.97 Å². The van der Waals surface area contributed by atoms with Gasteiger partial charge >= 0.3 is 5.97 Å². The molecule has 0 spiro atoms. The maximum Gasteiger partial charge on any atom is 0.357 e. The van der Waals surface area contributed by atoms with Crippen LogP contribution in [0.1, 0.15) is 11.4 Å². The van der Waals surface area contributed by atoms with Crippen LogP contribution < -0.4 is 21.7 Å². The molecule has 1 heterocycles. The molecule has 2 rings (SSSR count). The first kappa shape index (κ1) is 15.0. The summed E-state index contributed by atoms with van der Waals surface area (Å²) in [7, 11) is 0. The summed E-state index contributed by atoms with van der Waals surface area (Å²) in [4.78, 5) is 17.6. The van der Waals surface area contributed by atoms with Crippen molar-refractivity contribution in [2.24, 2.45) is 11.6 Å². The van der Waals surface area contributed by atoms with E-state index < -0.39 is 11.7 Å². The second-order valence-electron chi connectivity index (χ2n) is 4.01. The van der Waals surface area contributed by atoms with Crippen LogP contribution in [0.5, 0.6) is 5.75 Å². The van der Waals surface area contributed by atoms with Gasteiger partial charge in [0, 0.05) is 18.0 Å². The number of nitrogens with one attached hydrogen (secondary N) is 2. The van der Waals surface area contributed by atoms with Gasteiger partial charge in [-0.3, -0.25) is 5.43 Å². The molecule has 0 saturated carbocycles. The predicted molar refractivity (Wildman–Crippen MR) is 77.8 cm³/mol. The van der Waals surface area contributed by atoms with Crippen LogP contribution in [0.3, 0.4) is 0 Å². The number of H-pyrrole nitrogens is 1.